The van der Waals surface area contributed by atoms with Crippen LogP contribution >= 0.6 is 0 Å². The van der Waals surface area contributed by atoms with Gasteiger partial charge in [0, 0.05) is 43.6 Å². The summed E-state index contributed by atoms with van der Waals surface area (Å²) in [6.45, 7) is 6.94. The van der Waals surface area contributed by atoms with Gasteiger partial charge in [-0.05, 0) is 56.0 Å². The Kier molecular flexibility index (Phi) is 6.76. The van der Waals surface area contributed by atoms with Crippen LogP contribution in [0.2, 0.25) is 0 Å². The summed E-state index contributed by atoms with van der Waals surface area (Å²) in [4.78, 5) is 28.9. The fourth-order valence-electron chi connectivity index (χ4n) is 7.92. The lowest BCUT2D eigenvalue weighted by Gasteiger charge is -2.61. The summed E-state index contributed by atoms with van der Waals surface area (Å²) >= 11 is 0. The van der Waals surface area contributed by atoms with Gasteiger partial charge in [-0.2, -0.15) is 5.26 Å². The Hall–Kier alpha value is -3.59. The van der Waals surface area contributed by atoms with E-state index in [0.29, 0.717) is 24.4 Å². The standard InChI is InChI=1S/C30H36N4O7/c1-13-7-17-8-19-21(10-31)34-20(25(33(19)5)23(17)26(37)27(13)38-6)9-18-24(22(34)11-32-15(3)35)30-29(39-12-40-30)14(2)28(18)41-16(4)36/h7,19-22,25,28,30,37H,8-9,11-12H2,1-6H3,(H,32,35)/t19-,20?,21+,22+,25-,28?,30?/m1/s1. The Morgan fingerprint density at radius 1 is 1.24 bits per heavy atom. The Morgan fingerprint density at radius 2 is 2.00 bits per heavy atom. The number of carbonyl (C=O) groups is 2. The van der Waals surface area contributed by atoms with Gasteiger partial charge in [-0.3, -0.25) is 19.4 Å². The number of phenols is 1. The minimum absolute atomic E-state index is 0.0628. The summed E-state index contributed by atoms with van der Waals surface area (Å²) in [6.07, 6.45) is -0.128. The van der Waals surface area contributed by atoms with E-state index in [4.69, 9.17) is 18.9 Å². The molecule has 2 N–H and O–H groups in total. The highest BCUT2D eigenvalue weighted by Gasteiger charge is 2.58. The van der Waals surface area contributed by atoms with Crippen molar-refractivity contribution >= 4 is 11.9 Å². The van der Waals surface area contributed by atoms with E-state index in [0.717, 1.165) is 33.4 Å². The van der Waals surface area contributed by atoms with Gasteiger partial charge in [-0.25, -0.2) is 0 Å². The number of piperazine rings is 1. The first-order valence-electron chi connectivity index (χ1n) is 14.0. The largest absolute Gasteiger partial charge is 0.504 e. The number of benzene rings is 1. The third-order valence-corrected chi connectivity index (χ3v) is 9.44. The molecule has 0 saturated carbocycles. The second-order valence-electron chi connectivity index (χ2n) is 11.6. The van der Waals surface area contributed by atoms with Crippen molar-refractivity contribution in [1.82, 2.24) is 15.1 Å². The van der Waals surface area contributed by atoms with E-state index in [1.807, 2.05) is 20.9 Å². The molecule has 5 aliphatic rings. The highest BCUT2D eigenvalue weighted by atomic mass is 16.7. The summed E-state index contributed by atoms with van der Waals surface area (Å²) in [5.41, 5.74) is 5.15. The molecule has 11 nitrogen and oxygen atoms in total. The zero-order valence-corrected chi connectivity index (χ0v) is 24.2. The highest BCUT2D eigenvalue weighted by molar-refractivity contribution is 5.73. The van der Waals surface area contributed by atoms with Crippen LogP contribution in [0.3, 0.4) is 0 Å². The molecule has 1 amide bonds. The normalized spacial score (nSPS) is 32.2. The number of nitrogens with zero attached hydrogens (tertiary/aromatic N) is 3. The second kappa shape index (κ2) is 10.0. The van der Waals surface area contributed by atoms with E-state index in [-0.39, 0.29) is 43.1 Å². The average Bonchev–Trinajstić information content (AvgIpc) is 3.40. The first-order chi connectivity index (χ1) is 19.6. The quantitative estimate of drug-likeness (QED) is 0.413. The van der Waals surface area contributed by atoms with Gasteiger partial charge < -0.3 is 29.4 Å². The van der Waals surface area contributed by atoms with E-state index in [9.17, 15) is 20.0 Å². The van der Waals surface area contributed by atoms with Crippen LogP contribution in [0.25, 0.3) is 0 Å². The maximum Gasteiger partial charge on any atom is 0.303 e. The second-order valence-corrected chi connectivity index (χ2v) is 11.6. The lowest BCUT2D eigenvalue weighted by Crippen LogP contribution is -2.71. The lowest BCUT2D eigenvalue weighted by atomic mass is 9.69. The zero-order valence-electron chi connectivity index (χ0n) is 24.2. The predicted octanol–water partition coefficient (Wildman–Crippen LogP) is 1.98. The number of likely N-dealkylation sites (N-methyl/N-ethyl adjacent to an activating group) is 1. The molecule has 6 rings (SSSR count). The molecule has 2 bridgehead atoms. The molecule has 2 saturated heterocycles. The number of aryl methyl sites for hydroxylation is 1. The Bertz CT molecular complexity index is 1430. The minimum Gasteiger partial charge on any atom is -0.504 e. The molecule has 0 aromatic heterocycles. The number of esters is 1. The van der Waals surface area contributed by atoms with E-state index in [1.165, 1.54) is 13.8 Å². The maximum atomic E-state index is 12.3. The fourth-order valence-corrected chi connectivity index (χ4v) is 7.92. The first kappa shape index (κ1) is 27.6. The number of ether oxygens (including phenoxy) is 4. The first-order valence-corrected chi connectivity index (χ1v) is 14.0. The van der Waals surface area contributed by atoms with Gasteiger partial charge in [0.2, 0.25) is 5.91 Å². The number of nitriles is 1. The Balaban J connectivity index is 1.57. The molecule has 2 fully saturated rings. The smallest absolute Gasteiger partial charge is 0.303 e. The fraction of sp³-hybridized carbons (Fsp3) is 0.567. The van der Waals surface area contributed by atoms with Crippen molar-refractivity contribution in [2.45, 2.75) is 83.0 Å². The molecule has 1 aromatic rings. The van der Waals surface area contributed by atoms with Gasteiger partial charge in [0.05, 0.1) is 25.3 Å². The van der Waals surface area contributed by atoms with Crippen LogP contribution in [-0.2, 0) is 30.2 Å². The zero-order chi connectivity index (χ0) is 29.3. The molecular formula is C30H36N4O7. The van der Waals surface area contributed by atoms with E-state index >= 15 is 0 Å². The average molecular weight is 565 g/mol. The lowest BCUT2D eigenvalue weighted by molar-refractivity contribution is -0.144. The third-order valence-electron chi connectivity index (χ3n) is 9.44. The number of phenolic OH excluding ortho intramolecular Hbond substituents is 1. The van der Waals surface area contributed by atoms with Crippen LogP contribution in [0.15, 0.2) is 28.5 Å². The van der Waals surface area contributed by atoms with Gasteiger partial charge in [-0.15, -0.1) is 0 Å². The number of rotatable bonds is 4. The number of aromatic hydroxyl groups is 1. The van der Waals surface area contributed by atoms with Crippen molar-refractivity contribution in [2.24, 2.45) is 0 Å². The van der Waals surface area contributed by atoms with Gasteiger partial charge in [0.25, 0.3) is 0 Å². The number of fused-ring (bicyclic) bond motifs is 8. The Morgan fingerprint density at radius 3 is 2.66 bits per heavy atom. The molecule has 11 heteroatoms. The van der Waals surface area contributed by atoms with Crippen LogP contribution in [0.5, 0.6) is 11.5 Å². The van der Waals surface area contributed by atoms with Gasteiger partial charge in [0.15, 0.2) is 18.3 Å². The Labute approximate surface area is 239 Å². The molecule has 3 unspecified atom stereocenters. The summed E-state index contributed by atoms with van der Waals surface area (Å²) in [7, 11) is 3.55. The minimum atomic E-state index is -0.662. The summed E-state index contributed by atoms with van der Waals surface area (Å²) < 4.78 is 23.5. The SMILES string of the molecule is COc1c(C)cc2c(c1O)[C@H]1C3CC4=C(C5OCOC5=C(C)C4OC(C)=O)[C@H](CNC(C)=O)N3[C@@H](C#N)[C@@H](C2)N1C. The number of amides is 1. The van der Waals surface area contributed by atoms with Crippen molar-refractivity contribution in [3.8, 4) is 17.6 Å². The molecule has 4 aliphatic heterocycles. The van der Waals surface area contributed by atoms with Crippen LogP contribution < -0.4 is 10.1 Å². The van der Waals surface area contributed by atoms with Crippen LogP contribution in [0, 0.1) is 18.3 Å². The number of methoxy groups -OCH3 is 1. The van der Waals surface area contributed by atoms with Crippen LogP contribution in [0.4, 0.5) is 0 Å². The molecule has 1 aliphatic carbocycles. The van der Waals surface area contributed by atoms with Gasteiger partial charge in [0.1, 0.15) is 24.0 Å². The van der Waals surface area contributed by atoms with Crippen LogP contribution in [0.1, 0.15) is 49.9 Å². The highest BCUT2D eigenvalue weighted by Crippen LogP contribution is 2.55. The maximum absolute atomic E-state index is 12.3. The number of hydrogen-bond donors (Lipinski definition) is 2. The number of carbonyl (C=O) groups excluding carboxylic acids is 2. The summed E-state index contributed by atoms with van der Waals surface area (Å²) in [5, 5.41) is 25.2. The van der Waals surface area contributed by atoms with Crippen molar-refractivity contribution < 1.29 is 33.6 Å². The van der Waals surface area contributed by atoms with Crippen LogP contribution in [-0.4, -0.2) is 90.7 Å². The molecule has 218 valence electrons. The van der Waals surface area contributed by atoms with E-state index in [1.54, 1.807) is 7.11 Å². The predicted molar refractivity (Wildman–Crippen MR) is 146 cm³/mol. The molecule has 4 heterocycles. The van der Waals surface area contributed by atoms with Crippen molar-refractivity contribution in [3.63, 3.8) is 0 Å². The number of nitrogens with one attached hydrogen (secondary N) is 1. The van der Waals surface area contributed by atoms with Crippen molar-refractivity contribution in [1.29, 1.82) is 5.26 Å². The molecule has 0 radical (unpaired) electrons. The number of hydrogen-bond acceptors (Lipinski definition) is 10. The van der Waals surface area contributed by atoms with E-state index < -0.39 is 30.3 Å². The summed E-state index contributed by atoms with van der Waals surface area (Å²) in [5.74, 6) is 0.551. The van der Waals surface area contributed by atoms with Gasteiger partial charge >= 0.3 is 5.97 Å². The molecule has 1 aromatic carbocycles. The van der Waals surface area contributed by atoms with Gasteiger partial charge in [-0.1, -0.05) is 6.07 Å². The molecule has 0 spiro atoms. The topological polar surface area (TPSA) is 134 Å². The monoisotopic (exact) mass is 564 g/mol. The third kappa shape index (κ3) is 4.03. The van der Waals surface area contributed by atoms with E-state index in [2.05, 4.69) is 27.3 Å². The molecule has 41 heavy (non-hydrogen) atoms. The summed E-state index contributed by atoms with van der Waals surface area (Å²) in [6, 6.07) is 2.96. The molecular weight excluding hydrogens is 528 g/mol. The van der Waals surface area contributed by atoms with Crippen molar-refractivity contribution in [2.75, 3.05) is 27.5 Å². The van der Waals surface area contributed by atoms with Crippen molar-refractivity contribution in [3.05, 3.63) is 45.2 Å². The molecule has 7 atom stereocenters.